The molecule has 0 aliphatic rings. The maximum Gasteiger partial charge on any atom is 0.328 e. The molecule has 1 aromatic heterocycles. The minimum atomic E-state index is -1.37. The number of para-hydroxylation sites is 1. The summed E-state index contributed by atoms with van der Waals surface area (Å²) in [6, 6.07) is 5.34. The van der Waals surface area contributed by atoms with Crippen LogP contribution in [0.2, 0.25) is 0 Å². The quantitative estimate of drug-likeness (QED) is 0.512. The van der Waals surface area contributed by atoms with E-state index in [0.717, 1.165) is 16.5 Å². The zero-order chi connectivity index (χ0) is 16.3. The maximum absolute atomic E-state index is 12.0. The summed E-state index contributed by atoms with van der Waals surface area (Å²) in [5.74, 6) is -1.92. The lowest BCUT2D eigenvalue weighted by Gasteiger charge is -2.19. The van der Waals surface area contributed by atoms with E-state index in [2.05, 4.69) is 10.3 Å². The molecule has 0 spiro atoms. The molecule has 0 fully saturated rings. The van der Waals surface area contributed by atoms with E-state index in [1.807, 2.05) is 24.3 Å². The van der Waals surface area contributed by atoms with Crippen molar-refractivity contribution in [3.63, 3.8) is 0 Å². The Labute approximate surface area is 127 Å². The van der Waals surface area contributed by atoms with E-state index in [1.54, 1.807) is 6.20 Å². The number of aromatic nitrogens is 1. The van der Waals surface area contributed by atoms with Gasteiger partial charge in [-0.05, 0) is 25.0 Å². The van der Waals surface area contributed by atoms with Crippen LogP contribution >= 0.6 is 0 Å². The van der Waals surface area contributed by atoms with Crippen LogP contribution in [-0.4, -0.2) is 45.3 Å². The standard InChI is InChI=1S/C15H19N3O4/c1-8(19)13(15(21)22)18-14(20)11(16)6-9-7-17-12-5-3-2-4-10(9)12/h2-5,7-8,11,13,17,19H,6,16H2,1H3,(H,18,20)(H,21,22)/t8-,11-,13-/m0/s1. The number of aliphatic carboxylic acids is 1. The number of aliphatic hydroxyl groups is 1. The van der Waals surface area contributed by atoms with Crippen LogP contribution < -0.4 is 11.1 Å². The number of hydrogen-bond donors (Lipinski definition) is 5. The van der Waals surface area contributed by atoms with Gasteiger partial charge in [-0.15, -0.1) is 0 Å². The van der Waals surface area contributed by atoms with Gasteiger partial charge in [0.25, 0.3) is 0 Å². The third-order valence-electron chi connectivity index (χ3n) is 3.50. The Balaban J connectivity index is 2.06. The van der Waals surface area contributed by atoms with Crippen molar-refractivity contribution in [1.29, 1.82) is 0 Å². The van der Waals surface area contributed by atoms with Gasteiger partial charge in [0, 0.05) is 17.1 Å². The van der Waals surface area contributed by atoms with Gasteiger partial charge in [-0.3, -0.25) is 4.79 Å². The van der Waals surface area contributed by atoms with Crippen LogP contribution in [0.1, 0.15) is 12.5 Å². The number of carbonyl (C=O) groups is 2. The van der Waals surface area contributed by atoms with Crippen LogP contribution in [-0.2, 0) is 16.0 Å². The summed E-state index contributed by atoms with van der Waals surface area (Å²) in [7, 11) is 0. The van der Waals surface area contributed by atoms with E-state index in [9.17, 15) is 14.7 Å². The summed E-state index contributed by atoms with van der Waals surface area (Å²) < 4.78 is 0. The zero-order valence-electron chi connectivity index (χ0n) is 12.1. The van der Waals surface area contributed by atoms with Crippen LogP contribution in [0.5, 0.6) is 0 Å². The fourth-order valence-electron chi connectivity index (χ4n) is 2.28. The van der Waals surface area contributed by atoms with E-state index >= 15 is 0 Å². The largest absolute Gasteiger partial charge is 0.480 e. The molecule has 2 rings (SSSR count). The third kappa shape index (κ3) is 3.44. The molecular formula is C15H19N3O4. The monoisotopic (exact) mass is 305 g/mol. The molecule has 0 aliphatic heterocycles. The fraction of sp³-hybridized carbons (Fsp3) is 0.333. The molecular weight excluding hydrogens is 286 g/mol. The van der Waals surface area contributed by atoms with Gasteiger partial charge in [0.2, 0.25) is 5.91 Å². The molecule has 1 amide bonds. The number of fused-ring (bicyclic) bond motifs is 1. The first-order valence-corrected chi connectivity index (χ1v) is 6.92. The van der Waals surface area contributed by atoms with Gasteiger partial charge in [0.05, 0.1) is 12.1 Å². The third-order valence-corrected chi connectivity index (χ3v) is 3.50. The van der Waals surface area contributed by atoms with Gasteiger partial charge in [-0.1, -0.05) is 18.2 Å². The van der Waals surface area contributed by atoms with Crippen molar-refractivity contribution in [3.8, 4) is 0 Å². The minimum Gasteiger partial charge on any atom is -0.480 e. The van der Waals surface area contributed by atoms with Gasteiger partial charge in [0.15, 0.2) is 6.04 Å². The van der Waals surface area contributed by atoms with Gasteiger partial charge in [-0.2, -0.15) is 0 Å². The molecule has 0 saturated heterocycles. The zero-order valence-corrected chi connectivity index (χ0v) is 12.1. The van der Waals surface area contributed by atoms with Crippen molar-refractivity contribution < 1.29 is 19.8 Å². The maximum atomic E-state index is 12.0. The second-order valence-corrected chi connectivity index (χ2v) is 5.24. The van der Waals surface area contributed by atoms with Crippen molar-refractivity contribution in [2.45, 2.75) is 31.5 Å². The Morgan fingerprint density at radius 1 is 1.36 bits per heavy atom. The molecule has 0 aliphatic carbocycles. The van der Waals surface area contributed by atoms with E-state index in [4.69, 9.17) is 10.8 Å². The lowest BCUT2D eigenvalue weighted by Crippen LogP contribution is -2.53. The van der Waals surface area contributed by atoms with Crippen LogP contribution in [0.3, 0.4) is 0 Å². The Bertz CT molecular complexity index is 680. The Hall–Kier alpha value is -2.38. The molecule has 0 saturated carbocycles. The molecule has 0 bridgehead atoms. The highest BCUT2D eigenvalue weighted by Crippen LogP contribution is 2.18. The van der Waals surface area contributed by atoms with Crippen molar-refractivity contribution in [1.82, 2.24) is 10.3 Å². The molecule has 22 heavy (non-hydrogen) atoms. The van der Waals surface area contributed by atoms with E-state index in [-0.39, 0.29) is 6.42 Å². The van der Waals surface area contributed by atoms with Gasteiger partial charge >= 0.3 is 5.97 Å². The molecule has 1 aromatic carbocycles. The smallest absolute Gasteiger partial charge is 0.328 e. The number of hydrogen-bond acceptors (Lipinski definition) is 4. The normalized spacial score (nSPS) is 15.2. The molecule has 7 heteroatoms. The van der Waals surface area contributed by atoms with Crippen LogP contribution in [0.25, 0.3) is 10.9 Å². The molecule has 6 N–H and O–H groups in total. The first-order valence-electron chi connectivity index (χ1n) is 6.92. The number of nitrogens with two attached hydrogens (primary N) is 1. The fourth-order valence-corrected chi connectivity index (χ4v) is 2.28. The molecule has 0 radical (unpaired) electrons. The second-order valence-electron chi connectivity index (χ2n) is 5.24. The predicted molar refractivity (Wildman–Crippen MR) is 81.2 cm³/mol. The van der Waals surface area contributed by atoms with Crippen LogP contribution in [0, 0.1) is 0 Å². The van der Waals surface area contributed by atoms with Gasteiger partial charge in [-0.25, -0.2) is 4.79 Å². The lowest BCUT2D eigenvalue weighted by atomic mass is 10.0. The predicted octanol–water partition coefficient (Wildman–Crippen LogP) is -0.0121. The first kappa shape index (κ1) is 16.0. The number of aliphatic hydroxyl groups excluding tert-OH is 1. The summed E-state index contributed by atoms with van der Waals surface area (Å²) in [6.45, 7) is 1.30. The van der Waals surface area contributed by atoms with Gasteiger partial charge < -0.3 is 26.2 Å². The van der Waals surface area contributed by atoms with Crippen molar-refractivity contribution in [2.75, 3.05) is 0 Å². The number of amides is 1. The minimum absolute atomic E-state index is 0.266. The number of nitrogens with one attached hydrogen (secondary N) is 2. The number of aromatic amines is 1. The first-order chi connectivity index (χ1) is 10.4. The molecule has 118 valence electrons. The number of carboxylic acids is 1. The highest BCUT2D eigenvalue weighted by molar-refractivity contribution is 5.88. The molecule has 3 atom stereocenters. The number of H-pyrrole nitrogens is 1. The summed E-state index contributed by atoms with van der Waals surface area (Å²) in [6.07, 6.45) is 0.838. The number of carboxylic acid groups (broad SMARTS) is 1. The van der Waals surface area contributed by atoms with Crippen molar-refractivity contribution >= 4 is 22.8 Å². The molecule has 7 nitrogen and oxygen atoms in total. The van der Waals surface area contributed by atoms with Gasteiger partial charge in [0.1, 0.15) is 0 Å². The van der Waals surface area contributed by atoms with E-state index in [1.165, 1.54) is 6.92 Å². The highest BCUT2D eigenvalue weighted by Gasteiger charge is 2.27. The average molecular weight is 305 g/mol. The van der Waals surface area contributed by atoms with Crippen molar-refractivity contribution in [3.05, 3.63) is 36.0 Å². The van der Waals surface area contributed by atoms with E-state index in [0.29, 0.717) is 0 Å². The lowest BCUT2D eigenvalue weighted by molar-refractivity contribution is -0.144. The molecule has 0 unspecified atom stereocenters. The summed E-state index contributed by atoms with van der Waals surface area (Å²) in [4.78, 5) is 26.1. The van der Waals surface area contributed by atoms with E-state index < -0.39 is 30.1 Å². The second kappa shape index (κ2) is 6.59. The number of carbonyl (C=O) groups excluding carboxylic acids is 1. The SMILES string of the molecule is C[C@H](O)[C@H](NC(=O)[C@@H](N)Cc1c[nH]c2ccccc12)C(=O)O. The average Bonchev–Trinajstić information content (AvgIpc) is 2.87. The Morgan fingerprint density at radius 2 is 2.05 bits per heavy atom. The summed E-state index contributed by atoms with van der Waals surface area (Å²) >= 11 is 0. The number of benzene rings is 1. The van der Waals surface area contributed by atoms with Crippen molar-refractivity contribution in [2.24, 2.45) is 5.73 Å². The van der Waals surface area contributed by atoms with Crippen LogP contribution in [0.15, 0.2) is 30.5 Å². The Morgan fingerprint density at radius 3 is 2.68 bits per heavy atom. The molecule has 1 heterocycles. The Kier molecular flexibility index (Phi) is 4.79. The molecule has 2 aromatic rings. The highest BCUT2D eigenvalue weighted by atomic mass is 16.4. The topological polar surface area (TPSA) is 128 Å². The summed E-state index contributed by atoms with van der Waals surface area (Å²) in [5, 5.41) is 21.5. The van der Waals surface area contributed by atoms with Crippen LogP contribution in [0.4, 0.5) is 0 Å². The summed E-state index contributed by atoms with van der Waals surface area (Å²) in [5.41, 5.74) is 7.67. The number of rotatable bonds is 6.